The number of rotatable bonds is 7. The Morgan fingerprint density at radius 3 is 2.70 bits per heavy atom. The summed E-state index contributed by atoms with van der Waals surface area (Å²) >= 11 is 0. The van der Waals surface area contributed by atoms with Crippen LogP contribution in [0, 0.1) is 0 Å². The van der Waals surface area contributed by atoms with Gasteiger partial charge >= 0.3 is 0 Å². The van der Waals surface area contributed by atoms with Crippen LogP contribution in [0.4, 0.5) is 0 Å². The van der Waals surface area contributed by atoms with E-state index in [0.29, 0.717) is 6.61 Å². The summed E-state index contributed by atoms with van der Waals surface area (Å²) in [7, 11) is 0. The Morgan fingerprint density at radius 2 is 2.00 bits per heavy atom. The van der Waals surface area contributed by atoms with E-state index in [-0.39, 0.29) is 0 Å². The van der Waals surface area contributed by atoms with Crippen LogP contribution in [0.1, 0.15) is 30.7 Å². The topological polar surface area (TPSA) is 34.1 Å². The molecule has 1 aromatic carbocycles. The van der Waals surface area contributed by atoms with Crippen LogP contribution in [0.3, 0.4) is 0 Å². The normalized spacial score (nSPS) is 10.5. The second-order valence-electron chi connectivity index (χ2n) is 4.73. The molecule has 1 heterocycles. The largest absolute Gasteiger partial charge is 0.487 e. The summed E-state index contributed by atoms with van der Waals surface area (Å²) < 4.78 is 5.78. The van der Waals surface area contributed by atoms with Crippen LogP contribution in [-0.2, 0) is 19.6 Å². The summed E-state index contributed by atoms with van der Waals surface area (Å²) in [5, 5.41) is 3.28. The predicted molar refractivity (Wildman–Crippen MR) is 81.8 cm³/mol. The number of nitrogens with zero attached hydrogens (tertiary/aromatic N) is 1. The smallest absolute Gasteiger partial charge is 0.130 e. The van der Waals surface area contributed by atoms with Gasteiger partial charge in [-0.3, -0.25) is 4.98 Å². The molecule has 0 aliphatic heterocycles. The van der Waals surface area contributed by atoms with E-state index in [1.165, 1.54) is 11.1 Å². The maximum absolute atomic E-state index is 5.78. The Balaban J connectivity index is 1.89. The molecular weight excluding hydrogens is 248 g/mol. The van der Waals surface area contributed by atoms with Crippen LogP contribution in [0.25, 0.3) is 0 Å². The lowest BCUT2D eigenvalue weighted by atomic mass is 10.2. The molecule has 20 heavy (non-hydrogen) atoms. The fourth-order valence-electron chi connectivity index (χ4n) is 1.93. The molecule has 3 nitrogen and oxygen atoms in total. The fourth-order valence-corrected chi connectivity index (χ4v) is 1.93. The quantitative estimate of drug-likeness (QED) is 0.838. The molecule has 0 fully saturated rings. The lowest BCUT2D eigenvalue weighted by Crippen LogP contribution is -2.12. The molecule has 106 valence electrons. The van der Waals surface area contributed by atoms with Crippen molar-refractivity contribution in [1.82, 2.24) is 10.3 Å². The second kappa shape index (κ2) is 7.65. The van der Waals surface area contributed by atoms with Crippen molar-refractivity contribution in [2.24, 2.45) is 0 Å². The summed E-state index contributed by atoms with van der Waals surface area (Å²) in [4.78, 5) is 4.42. The molecule has 0 saturated heterocycles. The van der Waals surface area contributed by atoms with Gasteiger partial charge in [-0.25, -0.2) is 0 Å². The Kier molecular flexibility index (Phi) is 5.56. The lowest BCUT2D eigenvalue weighted by molar-refractivity contribution is 0.301. The van der Waals surface area contributed by atoms with Crippen LogP contribution in [-0.4, -0.2) is 11.5 Å². The third-order valence-electron chi connectivity index (χ3n) is 3.16. The molecule has 0 amide bonds. The van der Waals surface area contributed by atoms with E-state index < -0.39 is 0 Å². The molecule has 0 aliphatic carbocycles. The van der Waals surface area contributed by atoms with Crippen molar-refractivity contribution in [2.45, 2.75) is 33.4 Å². The van der Waals surface area contributed by atoms with Gasteiger partial charge in [-0.2, -0.15) is 0 Å². The lowest BCUT2D eigenvalue weighted by Gasteiger charge is -2.08. The number of pyridine rings is 1. The number of aromatic nitrogens is 1. The van der Waals surface area contributed by atoms with E-state index in [1.54, 1.807) is 0 Å². The van der Waals surface area contributed by atoms with Gasteiger partial charge < -0.3 is 10.1 Å². The SMILES string of the molecule is CCNCc1ccc(COc2cccc(CC)c2)nc1. The first kappa shape index (κ1) is 14.5. The van der Waals surface area contributed by atoms with Gasteiger partial charge in [-0.1, -0.05) is 32.0 Å². The van der Waals surface area contributed by atoms with Gasteiger partial charge in [0, 0.05) is 12.7 Å². The first-order valence-corrected chi connectivity index (χ1v) is 7.18. The second-order valence-corrected chi connectivity index (χ2v) is 4.73. The van der Waals surface area contributed by atoms with Crippen LogP contribution >= 0.6 is 0 Å². The fraction of sp³-hybridized carbons (Fsp3) is 0.353. The molecular formula is C17H22N2O. The number of nitrogens with one attached hydrogen (secondary N) is 1. The van der Waals surface area contributed by atoms with Crippen LogP contribution in [0.5, 0.6) is 5.75 Å². The third kappa shape index (κ3) is 4.35. The molecule has 1 N–H and O–H groups in total. The molecule has 0 radical (unpaired) electrons. The molecule has 0 atom stereocenters. The molecule has 2 rings (SSSR count). The van der Waals surface area contributed by atoms with E-state index in [0.717, 1.165) is 31.0 Å². The van der Waals surface area contributed by atoms with E-state index in [4.69, 9.17) is 4.74 Å². The average molecular weight is 270 g/mol. The summed E-state index contributed by atoms with van der Waals surface area (Å²) in [5.74, 6) is 0.905. The third-order valence-corrected chi connectivity index (χ3v) is 3.16. The highest BCUT2D eigenvalue weighted by Crippen LogP contribution is 2.15. The van der Waals surface area contributed by atoms with Crippen LogP contribution < -0.4 is 10.1 Å². The zero-order chi connectivity index (χ0) is 14.2. The average Bonchev–Trinajstić information content (AvgIpc) is 2.52. The minimum absolute atomic E-state index is 0.509. The summed E-state index contributed by atoms with van der Waals surface area (Å²) in [6.45, 7) is 6.58. The van der Waals surface area contributed by atoms with E-state index >= 15 is 0 Å². The number of ether oxygens (including phenoxy) is 1. The molecule has 3 heteroatoms. The van der Waals surface area contributed by atoms with Crippen molar-refractivity contribution < 1.29 is 4.74 Å². The highest BCUT2D eigenvalue weighted by atomic mass is 16.5. The van der Waals surface area contributed by atoms with Gasteiger partial charge in [0.25, 0.3) is 0 Å². The van der Waals surface area contributed by atoms with Gasteiger partial charge in [-0.15, -0.1) is 0 Å². The van der Waals surface area contributed by atoms with Gasteiger partial charge in [0.05, 0.1) is 5.69 Å². The van der Waals surface area contributed by atoms with Crippen molar-refractivity contribution in [3.63, 3.8) is 0 Å². The molecule has 0 unspecified atom stereocenters. The highest BCUT2D eigenvalue weighted by molar-refractivity contribution is 5.28. The molecule has 0 aliphatic rings. The Hall–Kier alpha value is -1.87. The Labute approximate surface area is 121 Å². The zero-order valence-corrected chi connectivity index (χ0v) is 12.2. The standard InChI is InChI=1S/C17H22N2O/c1-3-14-6-5-7-17(10-14)20-13-16-9-8-15(12-19-16)11-18-4-2/h5-10,12,18H,3-4,11,13H2,1-2H3. The van der Waals surface area contributed by atoms with Gasteiger partial charge in [0.2, 0.25) is 0 Å². The monoisotopic (exact) mass is 270 g/mol. The molecule has 0 saturated carbocycles. The number of aryl methyl sites for hydroxylation is 1. The Bertz CT molecular complexity index is 523. The highest BCUT2D eigenvalue weighted by Gasteiger charge is 1.99. The van der Waals surface area contributed by atoms with Crippen molar-refractivity contribution in [3.8, 4) is 5.75 Å². The zero-order valence-electron chi connectivity index (χ0n) is 12.2. The predicted octanol–water partition coefficient (Wildman–Crippen LogP) is 3.33. The summed E-state index contributed by atoms with van der Waals surface area (Å²) in [6.07, 6.45) is 2.93. The number of hydrogen-bond donors (Lipinski definition) is 1. The van der Waals surface area contributed by atoms with Crippen LogP contribution in [0.2, 0.25) is 0 Å². The summed E-state index contributed by atoms with van der Waals surface area (Å²) in [6, 6.07) is 12.3. The minimum Gasteiger partial charge on any atom is -0.487 e. The van der Waals surface area contributed by atoms with Crippen molar-refractivity contribution in [1.29, 1.82) is 0 Å². The van der Waals surface area contributed by atoms with Gasteiger partial charge in [-0.05, 0) is 42.3 Å². The maximum Gasteiger partial charge on any atom is 0.130 e. The van der Waals surface area contributed by atoms with Gasteiger partial charge in [0.15, 0.2) is 0 Å². The first-order valence-electron chi connectivity index (χ1n) is 7.18. The number of benzene rings is 1. The van der Waals surface area contributed by atoms with Crippen molar-refractivity contribution >= 4 is 0 Å². The Morgan fingerprint density at radius 1 is 1.10 bits per heavy atom. The summed E-state index contributed by atoms with van der Waals surface area (Å²) in [5.41, 5.74) is 3.44. The van der Waals surface area contributed by atoms with E-state index in [2.05, 4.69) is 42.3 Å². The molecule has 2 aromatic rings. The van der Waals surface area contributed by atoms with Crippen molar-refractivity contribution in [3.05, 3.63) is 59.4 Å². The molecule has 1 aromatic heterocycles. The van der Waals surface area contributed by atoms with Crippen LogP contribution in [0.15, 0.2) is 42.6 Å². The molecule has 0 spiro atoms. The van der Waals surface area contributed by atoms with E-state index in [9.17, 15) is 0 Å². The van der Waals surface area contributed by atoms with E-state index in [1.807, 2.05) is 24.4 Å². The first-order chi connectivity index (χ1) is 9.81. The number of hydrogen-bond acceptors (Lipinski definition) is 3. The van der Waals surface area contributed by atoms with Crippen molar-refractivity contribution in [2.75, 3.05) is 6.54 Å². The minimum atomic E-state index is 0.509. The van der Waals surface area contributed by atoms with Gasteiger partial charge in [0.1, 0.15) is 12.4 Å². The maximum atomic E-state index is 5.78. The molecule has 0 bridgehead atoms.